The third-order valence-corrected chi connectivity index (χ3v) is 5.89. The van der Waals surface area contributed by atoms with Gasteiger partial charge < -0.3 is 54.7 Å². The minimum atomic E-state index is -1.72. The normalized spacial score (nSPS) is 31.1. The smallest absolute Gasteiger partial charge is 0.335 e. The number of allylic oxidation sites excluding steroid dienone is 1. The van der Waals surface area contributed by atoms with Crippen LogP contribution in [0.15, 0.2) is 47.9 Å². The van der Waals surface area contributed by atoms with Gasteiger partial charge in [0.05, 0.1) is 31.1 Å². The van der Waals surface area contributed by atoms with Crippen molar-refractivity contribution in [1.29, 1.82) is 0 Å². The zero-order valence-electron chi connectivity index (χ0n) is 19.6. The van der Waals surface area contributed by atoms with Crippen molar-refractivity contribution in [1.82, 2.24) is 0 Å². The van der Waals surface area contributed by atoms with E-state index in [1.807, 2.05) is 0 Å². The van der Waals surface area contributed by atoms with Gasteiger partial charge in [0.1, 0.15) is 24.4 Å². The first-order valence-corrected chi connectivity index (χ1v) is 11.2. The second-order valence-electron chi connectivity index (χ2n) is 8.27. The van der Waals surface area contributed by atoms with Gasteiger partial charge in [0.2, 0.25) is 6.29 Å². The standard InChI is InChI=1S/C24H28O13/c1-2-12-13(8-18(28)34-6-5-11-3-4-15(26)16(27)7-11)14(22(32)33)10-35-23(12)37-24-21(31)20(30)19(29)17(9-25)36-24/h2-7,10,13,17,19-21,23-27,29-31H,8-9H2,1H3,(H,32,33)/t13-,17+,19+,20-,21+,23-,24-/m0/s1. The highest BCUT2D eigenvalue weighted by Gasteiger charge is 2.46. The number of hydrogen-bond donors (Lipinski definition) is 7. The van der Waals surface area contributed by atoms with E-state index in [1.54, 1.807) is 6.92 Å². The molecule has 13 nitrogen and oxygen atoms in total. The number of carboxylic acids is 1. The SMILES string of the molecule is CC=C1[C@H](O[C@@H]2O[C@H](CO)[C@@H](O)[C@H](O)[C@H]2O)OC=C(C(=O)O)[C@H]1CC(=O)OC=Cc1ccc(O)c(O)c1. The molecule has 2 aliphatic rings. The van der Waals surface area contributed by atoms with Gasteiger partial charge in [0, 0.05) is 11.5 Å². The summed E-state index contributed by atoms with van der Waals surface area (Å²) < 4.78 is 21.3. The highest BCUT2D eigenvalue weighted by molar-refractivity contribution is 5.89. The van der Waals surface area contributed by atoms with E-state index >= 15 is 0 Å². The molecule has 0 aliphatic carbocycles. The maximum absolute atomic E-state index is 12.5. The van der Waals surface area contributed by atoms with Crippen LogP contribution in [0.2, 0.25) is 0 Å². The van der Waals surface area contributed by atoms with Gasteiger partial charge in [0.25, 0.3) is 0 Å². The van der Waals surface area contributed by atoms with Crippen molar-refractivity contribution < 1.29 is 64.3 Å². The van der Waals surface area contributed by atoms with Gasteiger partial charge in [-0.15, -0.1) is 0 Å². The lowest BCUT2D eigenvalue weighted by Crippen LogP contribution is -2.60. The Kier molecular flexibility index (Phi) is 9.26. The number of esters is 1. The minimum Gasteiger partial charge on any atom is -0.504 e. The third kappa shape index (κ3) is 6.46. The van der Waals surface area contributed by atoms with Crippen LogP contribution in [-0.4, -0.2) is 91.3 Å². The van der Waals surface area contributed by atoms with E-state index in [4.69, 9.17) is 18.9 Å². The summed E-state index contributed by atoms with van der Waals surface area (Å²) >= 11 is 0. The van der Waals surface area contributed by atoms with Crippen molar-refractivity contribution in [2.75, 3.05) is 6.61 Å². The molecule has 2 heterocycles. The first-order chi connectivity index (χ1) is 17.6. The Morgan fingerprint density at radius 3 is 2.43 bits per heavy atom. The molecule has 1 fully saturated rings. The van der Waals surface area contributed by atoms with Crippen LogP contribution in [0, 0.1) is 5.92 Å². The lowest BCUT2D eigenvalue weighted by molar-refractivity contribution is -0.327. The highest BCUT2D eigenvalue weighted by Crippen LogP contribution is 2.36. The molecule has 37 heavy (non-hydrogen) atoms. The largest absolute Gasteiger partial charge is 0.504 e. The maximum Gasteiger partial charge on any atom is 0.335 e. The number of rotatable bonds is 8. The quantitative estimate of drug-likeness (QED) is 0.101. The molecule has 0 amide bonds. The molecule has 7 atom stereocenters. The molecule has 0 bridgehead atoms. The Hall–Kier alpha value is -3.46. The van der Waals surface area contributed by atoms with Gasteiger partial charge in [-0.05, 0) is 30.7 Å². The van der Waals surface area contributed by atoms with Crippen molar-refractivity contribution in [3.05, 3.63) is 53.5 Å². The maximum atomic E-state index is 12.5. The molecule has 0 saturated carbocycles. The molecule has 202 valence electrons. The molecular weight excluding hydrogens is 496 g/mol. The van der Waals surface area contributed by atoms with Gasteiger partial charge in [-0.25, -0.2) is 4.79 Å². The number of aromatic hydroxyl groups is 2. The molecule has 7 N–H and O–H groups in total. The van der Waals surface area contributed by atoms with E-state index in [0.717, 1.165) is 12.5 Å². The second kappa shape index (κ2) is 12.2. The molecule has 13 heteroatoms. The molecule has 1 aromatic rings. The van der Waals surface area contributed by atoms with E-state index in [-0.39, 0.29) is 22.6 Å². The van der Waals surface area contributed by atoms with Crippen LogP contribution in [0.25, 0.3) is 6.08 Å². The summed E-state index contributed by atoms with van der Waals surface area (Å²) in [4.78, 5) is 24.3. The number of phenolic OH excluding ortho intramolecular Hbond substituents is 2. The van der Waals surface area contributed by atoms with Crippen LogP contribution in [-0.2, 0) is 28.5 Å². The van der Waals surface area contributed by atoms with Crippen LogP contribution < -0.4 is 0 Å². The van der Waals surface area contributed by atoms with Crippen LogP contribution in [0.3, 0.4) is 0 Å². The summed E-state index contributed by atoms with van der Waals surface area (Å²) in [7, 11) is 0. The molecule has 1 aromatic carbocycles. The van der Waals surface area contributed by atoms with Gasteiger partial charge in [-0.1, -0.05) is 12.1 Å². The third-order valence-electron chi connectivity index (χ3n) is 5.89. The number of aliphatic hydroxyl groups is 4. The summed E-state index contributed by atoms with van der Waals surface area (Å²) in [5.74, 6) is -3.93. The van der Waals surface area contributed by atoms with Gasteiger partial charge in [-0.3, -0.25) is 4.79 Å². The summed E-state index contributed by atoms with van der Waals surface area (Å²) in [5.41, 5.74) is 0.329. The predicted octanol–water partition coefficient (Wildman–Crippen LogP) is -0.294. The van der Waals surface area contributed by atoms with Crippen molar-refractivity contribution >= 4 is 18.0 Å². The van der Waals surface area contributed by atoms with Crippen molar-refractivity contribution in [2.24, 2.45) is 5.92 Å². The van der Waals surface area contributed by atoms with Crippen LogP contribution in [0.5, 0.6) is 11.5 Å². The number of benzene rings is 1. The summed E-state index contributed by atoms with van der Waals surface area (Å²) in [6.45, 7) is 0.865. The zero-order chi connectivity index (χ0) is 27.3. The van der Waals surface area contributed by atoms with Crippen LogP contribution in [0.4, 0.5) is 0 Å². The Bertz CT molecular complexity index is 1080. The number of hydrogen-bond acceptors (Lipinski definition) is 12. The summed E-state index contributed by atoms with van der Waals surface area (Å²) in [6.07, 6.45) is -4.90. The Balaban J connectivity index is 1.73. The lowest BCUT2D eigenvalue weighted by Gasteiger charge is -2.41. The zero-order valence-corrected chi connectivity index (χ0v) is 19.6. The van der Waals surface area contributed by atoms with Gasteiger partial charge >= 0.3 is 11.9 Å². The van der Waals surface area contributed by atoms with E-state index in [2.05, 4.69) is 0 Å². The van der Waals surface area contributed by atoms with Crippen molar-refractivity contribution in [3.63, 3.8) is 0 Å². The molecule has 0 unspecified atom stereocenters. The predicted molar refractivity (Wildman–Crippen MR) is 122 cm³/mol. The fourth-order valence-electron chi connectivity index (χ4n) is 3.86. The highest BCUT2D eigenvalue weighted by atomic mass is 16.8. The number of ether oxygens (including phenoxy) is 4. The number of phenols is 2. The molecular formula is C24H28O13. The average Bonchev–Trinajstić information content (AvgIpc) is 2.86. The Morgan fingerprint density at radius 2 is 1.81 bits per heavy atom. The van der Waals surface area contributed by atoms with Gasteiger partial charge in [0.15, 0.2) is 17.8 Å². The van der Waals surface area contributed by atoms with E-state index in [1.165, 1.54) is 30.4 Å². The average molecular weight is 524 g/mol. The monoisotopic (exact) mass is 524 g/mol. The summed E-state index contributed by atoms with van der Waals surface area (Å²) in [6, 6.07) is 3.95. The molecule has 1 saturated heterocycles. The fraction of sp³-hybridized carbons (Fsp3) is 0.417. The van der Waals surface area contributed by atoms with Crippen molar-refractivity contribution in [3.8, 4) is 11.5 Å². The molecule has 0 aromatic heterocycles. The Labute approximate surface area is 210 Å². The molecule has 0 radical (unpaired) electrons. The Morgan fingerprint density at radius 1 is 1.08 bits per heavy atom. The number of carbonyl (C=O) groups is 2. The topological polar surface area (TPSA) is 213 Å². The van der Waals surface area contributed by atoms with Gasteiger partial charge in [-0.2, -0.15) is 0 Å². The van der Waals surface area contributed by atoms with Crippen LogP contribution in [0.1, 0.15) is 18.9 Å². The lowest BCUT2D eigenvalue weighted by atomic mass is 9.86. The fourth-order valence-corrected chi connectivity index (χ4v) is 3.86. The van der Waals surface area contributed by atoms with E-state index in [0.29, 0.717) is 5.56 Å². The summed E-state index contributed by atoms with van der Waals surface area (Å²) in [5, 5.41) is 68.0. The first-order valence-electron chi connectivity index (χ1n) is 11.2. The van der Waals surface area contributed by atoms with E-state index < -0.39 is 67.9 Å². The molecule has 3 rings (SSSR count). The first kappa shape index (κ1) is 28.1. The van der Waals surface area contributed by atoms with Crippen molar-refractivity contribution in [2.45, 2.75) is 50.3 Å². The number of aliphatic carboxylic acids is 1. The second-order valence-corrected chi connectivity index (χ2v) is 8.27. The number of carboxylic acid groups (broad SMARTS) is 1. The van der Waals surface area contributed by atoms with E-state index in [9.17, 15) is 45.3 Å². The number of carbonyl (C=O) groups excluding carboxylic acids is 1. The molecule has 2 aliphatic heterocycles. The number of aliphatic hydroxyl groups excluding tert-OH is 4. The molecule has 0 spiro atoms. The van der Waals surface area contributed by atoms with Crippen LogP contribution >= 0.6 is 0 Å². The minimum absolute atomic E-state index is 0.182.